The van der Waals surface area contributed by atoms with Crippen LogP contribution in [0, 0.1) is 6.92 Å². The molecule has 0 aliphatic carbocycles. The summed E-state index contributed by atoms with van der Waals surface area (Å²) in [6.45, 7) is 1.79. The average Bonchev–Trinajstić information content (AvgIpc) is 3.32. The Labute approximate surface area is 173 Å². The number of benzene rings is 1. The maximum Gasteiger partial charge on any atom is 0.336 e. The van der Waals surface area contributed by atoms with E-state index in [4.69, 9.17) is 20.8 Å². The first-order chi connectivity index (χ1) is 13.5. The number of halogens is 1. The third kappa shape index (κ3) is 4.01. The molecule has 0 amide bonds. The monoisotopic (exact) mass is 431 g/mol. The highest BCUT2D eigenvalue weighted by Crippen LogP contribution is 2.28. The smallest absolute Gasteiger partial charge is 0.336 e. The molecule has 0 atom stereocenters. The molecule has 0 saturated heterocycles. The minimum Gasteiger partial charge on any atom is -0.460 e. The summed E-state index contributed by atoms with van der Waals surface area (Å²) in [6, 6.07) is 8.69. The van der Waals surface area contributed by atoms with Crippen LogP contribution in [0.25, 0.3) is 20.9 Å². The maximum atomic E-state index is 12.2. The fourth-order valence-corrected chi connectivity index (χ4v) is 4.52. The molecule has 8 heteroatoms. The van der Waals surface area contributed by atoms with Crippen molar-refractivity contribution in [2.75, 3.05) is 0 Å². The van der Waals surface area contributed by atoms with Gasteiger partial charge in [-0.25, -0.2) is 9.78 Å². The van der Waals surface area contributed by atoms with Gasteiger partial charge in [-0.1, -0.05) is 17.7 Å². The highest BCUT2D eigenvalue weighted by atomic mass is 35.5. The van der Waals surface area contributed by atoms with E-state index >= 15 is 0 Å². The van der Waals surface area contributed by atoms with Crippen LogP contribution in [0.15, 0.2) is 50.3 Å². The molecule has 5 nitrogen and oxygen atoms in total. The summed E-state index contributed by atoms with van der Waals surface area (Å²) >= 11 is 9.28. The van der Waals surface area contributed by atoms with Crippen LogP contribution in [0.3, 0.4) is 0 Å². The summed E-state index contributed by atoms with van der Waals surface area (Å²) in [7, 11) is 0. The van der Waals surface area contributed by atoms with Crippen molar-refractivity contribution in [3.63, 3.8) is 0 Å². The van der Waals surface area contributed by atoms with Gasteiger partial charge in [0.15, 0.2) is 0 Å². The Balaban J connectivity index is 1.48. The molecule has 142 valence electrons. The molecule has 0 N–H and O–H groups in total. The fraction of sp³-hybridized carbons (Fsp3) is 0.150. The molecule has 28 heavy (non-hydrogen) atoms. The van der Waals surface area contributed by atoms with Crippen molar-refractivity contribution < 1.29 is 13.9 Å². The zero-order valence-corrected chi connectivity index (χ0v) is 17.1. The van der Waals surface area contributed by atoms with Gasteiger partial charge in [-0.3, -0.25) is 4.79 Å². The topological polar surface area (TPSA) is 69.4 Å². The third-order valence-corrected chi connectivity index (χ3v) is 6.44. The van der Waals surface area contributed by atoms with Gasteiger partial charge in [0, 0.05) is 27.4 Å². The van der Waals surface area contributed by atoms with E-state index in [0.717, 1.165) is 15.4 Å². The third-order valence-electron chi connectivity index (χ3n) is 4.11. The number of carbonyl (C=O) groups is 1. The molecule has 4 rings (SSSR count). The largest absolute Gasteiger partial charge is 0.460 e. The molecule has 0 aliphatic heterocycles. The molecular formula is C20H14ClNO4S2. The lowest BCUT2D eigenvalue weighted by Crippen LogP contribution is -2.10. The van der Waals surface area contributed by atoms with Crippen molar-refractivity contribution in [1.82, 2.24) is 4.98 Å². The highest BCUT2D eigenvalue weighted by molar-refractivity contribution is 7.20. The molecule has 1 aromatic carbocycles. The van der Waals surface area contributed by atoms with Crippen molar-refractivity contribution >= 4 is 51.2 Å². The van der Waals surface area contributed by atoms with Crippen LogP contribution in [-0.2, 0) is 22.6 Å². The molecule has 0 spiro atoms. The number of aromatic nitrogens is 1. The van der Waals surface area contributed by atoms with E-state index in [0.29, 0.717) is 27.2 Å². The Morgan fingerprint density at radius 3 is 2.93 bits per heavy atom. The lowest BCUT2D eigenvalue weighted by atomic mass is 10.1. The minimum atomic E-state index is -0.500. The first-order valence-electron chi connectivity index (χ1n) is 8.36. The molecule has 0 saturated carbocycles. The second-order valence-electron chi connectivity index (χ2n) is 6.15. The zero-order chi connectivity index (χ0) is 19.7. The van der Waals surface area contributed by atoms with Gasteiger partial charge in [-0.15, -0.1) is 22.7 Å². The molecule has 0 radical (unpaired) electrons. The van der Waals surface area contributed by atoms with Gasteiger partial charge in [0.2, 0.25) is 0 Å². The summed E-state index contributed by atoms with van der Waals surface area (Å²) in [4.78, 5) is 29.6. The Kier molecular flexibility index (Phi) is 5.30. The van der Waals surface area contributed by atoms with E-state index < -0.39 is 11.6 Å². The molecule has 4 aromatic rings. The van der Waals surface area contributed by atoms with Gasteiger partial charge in [0.1, 0.15) is 17.2 Å². The Bertz CT molecular complexity index is 1210. The van der Waals surface area contributed by atoms with Crippen LogP contribution >= 0.6 is 34.3 Å². The number of esters is 1. The highest BCUT2D eigenvalue weighted by Gasteiger charge is 2.13. The second kappa shape index (κ2) is 7.87. The van der Waals surface area contributed by atoms with Crippen molar-refractivity contribution in [2.45, 2.75) is 20.0 Å². The van der Waals surface area contributed by atoms with Crippen LogP contribution in [0.2, 0.25) is 5.02 Å². The van der Waals surface area contributed by atoms with E-state index in [1.165, 1.54) is 17.4 Å². The molecular weight excluding hydrogens is 418 g/mol. The lowest BCUT2D eigenvalue weighted by molar-refractivity contribution is -0.144. The van der Waals surface area contributed by atoms with E-state index in [1.807, 2.05) is 29.8 Å². The SMILES string of the molecule is Cc1cc2oc(=O)cc(COC(=O)Cc3csc(-c4cccs4)n3)c2cc1Cl. The first kappa shape index (κ1) is 18.9. The second-order valence-corrected chi connectivity index (χ2v) is 8.36. The number of hydrogen-bond acceptors (Lipinski definition) is 7. The van der Waals surface area contributed by atoms with Gasteiger partial charge < -0.3 is 9.15 Å². The predicted octanol–water partition coefficient (Wildman–Crippen LogP) is 5.23. The van der Waals surface area contributed by atoms with Gasteiger partial charge in [-0.05, 0) is 36.1 Å². The van der Waals surface area contributed by atoms with Gasteiger partial charge in [0.05, 0.1) is 17.0 Å². The number of hydrogen-bond donors (Lipinski definition) is 0. The molecule has 3 heterocycles. The molecule has 0 aliphatic rings. The summed E-state index contributed by atoms with van der Waals surface area (Å²) in [5.41, 5.74) is 1.94. The fourth-order valence-electron chi connectivity index (χ4n) is 2.73. The van der Waals surface area contributed by atoms with Crippen LogP contribution in [0.4, 0.5) is 0 Å². The summed E-state index contributed by atoms with van der Waals surface area (Å²) in [5, 5.41) is 5.92. The maximum absolute atomic E-state index is 12.2. The van der Waals surface area contributed by atoms with Crippen LogP contribution in [0.1, 0.15) is 16.8 Å². The number of ether oxygens (including phenoxy) is 1. The Hall–Kier alpha value is -2.48. The van der Waals surface area contributed by atoms with E-state index in [2.05, 4.69) is 4.98 Å². The average molecular weight is 432 g/mol. The van der Waals surface area contributed by atoms with Crippen LogP contribution in [-0.4, -0.2) is 11.0 Å². The first-order valence-corrected chi connectivity index (χ1v) is 10.5. The Morgan fingerprint density at radius 2 is 2.14 bits per heavy atom. The quantitative estimate of drug-likeness (QED) is 0.320. The number of carbonyl (C=O) groups excluding carboxylic acids is 1. The van der Waals surface area contributed by atoms with E-state index in [9.17, 15) is 9.59 Å². The van der Waals surface area contributed by atoms with Crippen molar-refractivity contribution in [3.8, 4) is 9.88 Å². The van der Waals surface area contributed by atoms with Crippen molar-refractivity contribution in [3.05, 3.63) is 73.4 Å². The van der Waals surface area contributed by atoms with E-state index in [-0.39, 0.29) is 13.0 Å². The van der Waals surface area contributed by atoms with Crippen LogP contribution in [0.5, 0.6) is 0 Å². The van der Waals surface area contributed by atoms with Gasteiger partial charge >= 0.3 is 11.6 Å². The van der Waals surface area contributed by atoms with Crippen molar-refractivity contribution in [2.24, 2.45) is 0 Å². The Morgan fingerprint density at radius 1 is 1.29 bits per heavy atom. The van der Waals surface area contributed by atoms with Gasteiger partial charge in [0.25, 0.3) is 0 Å². The number of fused-ring (bicyclic) bond motifs is 1. The summed E-state index contributed by atoms with van der Waals surface area (Å²) < 4.78 is 10.6. The molecule has 0 fully saturated rings. The van der Waals surface area contributed by atoms with Crippen molar-refractivity contribution in [1.29, 1.82) is 0 Å². The molecule has 0 unspecified atom stereocenters. The number of rotatable bonds is 5. The molecule has 0 bridgehead atoms. The number of thiophene rings is 1. The zero-order valence-electron chi connectivity index (χ0n) is 14.7. The summed E-state index contributed by atoms with van der Waals surface area (Å²) in [5.74, 6) is -0.414. The predicted molar refractivity (Wildman–Crippen MR) is 111 cm³/mol. The lowest BCUT2D eigenvalue weighted by Gasteiger charge is -2.08. The standard InChI is InChI=1S/C20H14ClNO4S2/c1-11-5-16-14(8-15(11)21)12(6-19(24)26-16)9-25-18(23)7-13-10-28-20(22-13)17-3-2-4-27-17/h2-6,8,10H,7,9H2,1H3. The van der Waals surface area contributed by atoms with Gasteiger partial charge in [-0.2, -0.15) is 0 Å². The van der Waals surface area contributed by atoms with Crippen LogP contribution < -0.4 is 5.63 Å². The summed E-state index contributed by atoms with van der Waals surface area (Å²) in [6.07, 6.45) is 0.0705. The number of nitrogens with zero attached hydrogens (tertiary/aromatic N) is 1. The number of thiazole rings is 1. The minimum absolute atomic E-state index is 0.0394. The molecule has 3 aromatic heterocycles. The normalized spacial score (nSPS) is 11.1. The van der Waals surface area contributed by atoms with E-state index in [1.54, 1.807) is 23.5 Å². The number of aryl methyl sites for hydroxylation is 1.